The summed E-state index contributed by atoms with van der Waals surface area (Å²) in [7, 11) is 0. The van der Waals surface area contributed by atoms with Crippen molar-refractivity contribution in [2.45, 2.75) is 12.5 Å². The van der Waals surface area contributed by atoms with Gasteiger partial charge in [0.25, 0.3) is 0 Å². The quantitative estimate of drug-likeness (QED) is 0.483. The highest BCUT2D eigenvalue weighted by atomic mass is 16.5. The van der Waals surface area contributed by atoms with Gasteiger partial charge in [0.05, 0.1) is 19.8 Å². The van der Waals surface area contributed by atoms with Crippen LogP contribution in [0.5, 0.6) is 0 Å². The van der Waals surface area contributed by atoms with E-state index in [2.05, 4.69) is 21.8 Å². The Morgan fingerprint density at radius 1 is 1.27 bits per heavy atom. The van der Waals surface area contributed by atoms with E-state index in [-0.39, 0.29) is 0 Å². The van der Waals surface area contributed by atoms with Crippen molar-refractivity contribution in [2.24, 2.45) is 5.73 Å². The normalized spacial score (nSPS) is 28.7. The number of nitrogens with zero attached hydrogens (tertiary/aromatic N) is 2. The molecule has 0 spiro atoms. The van der Waals surface area contributed by atoms with Gasteiger partial charge in [-0.05, 0) is 6.42 Å². The highest BCUT2D eigenvalue weighted by Crippen LogP contribution is 2.16. The number of nitrogens with two attached hydrogens (primary N) is 1. The van der Waals surface area contributed by atoms with Crippen molar-refractivity contribution >= 4 is 0 Å². The zero-order valence-corrected chi connectivity index (χ0v) is 9.11. The van der Waals surface area contributed by atoms with Crippen LogP contribution in [0.3, 0.4) is 0 Å². The summed E-state index contributed by atoms with van der Waals surface area (Å²) in [6, 6.07) is 3.17. The Kier molecular flexibility index (Phi) is 3.84. The van der Waals surface area contributed by atoms with Gasteiger partial charge < -0.3 is 10.5 Å². The molecule has 2 N–H and O–H groups in total. The summed E-state index contributed by atoms with van der Waals surface area (Å²) in [5, 5.41) is 0. The molecule has 15 heavy (non-hydrogen) atoms. The zero-order valence-electron chi connectivity index (χ0n) is 9.11. The molecule has 0 bridgehead atoms. The van der Waals surface area contributed by atoms with Crippen LogP contribution in [-0.2, 0) is 4.74 Å². The molecule has 0 aromatic carbocycles. The zero-order chi connectivity index (χ0) is 10.5. The summed E-state index contributed by atoms with van der Waals surface area (Å²) in [6.07, 6.45) is 1.26. The van der Waals surface area contributed by atoms with Crippen LogP contribution in [0.25, 0.3) is 0 Å². The molecular formula is C11H19N3O. The fraction of sp³-hybridized carbons (Fsp3) is 0.818. The van der Waals surface area contributed by atoms with Crippen molar-refractivity contribution in [2.75, 3.05) is 45.9 Å². The Labute approximate surface area is 91.3 Å². The maximum atomic E-state index is 5.36. The minimum Gasteiger partial charge on any atom is -0.379 e. The standard InChI is InChI=1S/C11H19N3O/c12-3-1-4-13-5-2-11(10-13)14-6-8-15-9-7-14/h11H,2,4-10,12H2. The molecule has 2 fully saturated rings. The van der Waals surface area contributed by atoms with Crippen molar-refractivity contribution < 1.29 is 4.74 Å². The predicted molar refractivity (Wildman–Crippen MR) is 59.2 cm³/mol. The third kappa shape index (κ3) is 2.85. The highest BCUT2D eigenvalue weighted by Gasteiger charge is 2.27. The second-order valence-electron chi connectivity index (χ2n) is 4.15. The first kappa shape index (κ1) is 10.7. The Hall–Kier alpha value is -0.760. The summed E-state index contributed by atoms with van der Waals surface area (Å²) in [6.45, 7) is 7.04. The molecule has 2 aliphatic heterocycles. The van der Waals surface area contributed by atoms with Gasteiger partial charge in [-0.15, -0.1) is 0 Å². The number of likely N-dealkylation sites (tertiary alicyclic amines) is 1. The van der Waals surface area contributed by atoms with Crippen LogP contribution in [0.1, 0.15) is 6.42 Å². The molecule has 2 heterocycles. The lowest BCUT2D eigenvalue weighted by Crippen LogP contribution is -2.44. The lowest BCUT2D eigenvalue weighted by atomic mass is 10.2. The number of hydrogen-bond donors (Lipinski definition) is 1. The second kappa shape index (κ2) is 5.36. The second-order valence-corrected chi connectivity index (χ2v) is 4.15. The van der Waals surface area contributed by atoms with E-state index < -0.39 is 0 Å². The first-order chi connectivity index (χ1) is 7.40. The molecule has 2 saturated heterocycles. The van der Waals surface area contributed by atoms with Gasteiger partial charge in [-0.2, -0.15) is 0 Å². The largest absolute Gasteiger partial charge is 0.379 e. The van der Waals surface area contributed by atoms with E-state index in [4.69, 9.17) is 10.5 Å². The van der Waals surface area contributed by atoms with E-state index >= 15 is 0 Å². The maximum absolute atomic E-state index is 5.36. The molecule has 4 nitrogen and oxygen atoms in total. The number of rotatable bonds is 2. The van der Waals surface area contributed by atoms with Gasteiger partial charge in [-0.1, -0.05) is 5.92 Å². The van der Waals surface area contributed by atoms with Crippen molar-refractivity contribution in [3.63, 3.8) is 0 Å². The lowest BCUT2D eigenvalue weighted by molar-refractivity contribution is 0.0187. The van der Waals surface area contributed by atoms with Crippen LogP contribution < -0.4 is 5.73 Å². The van der Waals surface area contributed by atoms with Crippen LogP contribution >= 0.6 is 0 Å². The van der Waals surface area contributed by atoms with Crippen LogP contribution in [0.15, 0.2) is 0 Å². The molecule has 2 aliphatic rings. The van der Waals surface area contributed by atoms with Crippen molar-refractivity contribution in [3.05, 3.63) is 0 Å². The molecule has 2 rings (SSSR count). The smallest absolute Gasteiger partial charge is 0.0620 e. The molecule has 0 radical (unpaired) electrons. The number of morpholine rings is 1. The van der Waals surface area contributed by atoms with Crippen LogP contribution in [0.4, 0.5) is 0 Å². The van der Waals surface area contributed by atoms with E-state index in [1.54, 1.807) is 0 Å². The molecule has 1 unspecified atom stereocenters. The first-order valence-electron chi connectivity index (χ1n) is 5.63. The van der Waals surface area contributed by atoms with E-state index in [0.717, 1.165) is 45.9 Å². The van der Waals surface area contributed by atoms with Crippen LogP contribution in [0.2, 0.25) is 0 Å². The van der Waals surface area contributed by atoms with Gasteiger partial charge in [0.15, 0.2) is 0 Å². The van der Waals surface area contributed by atoms with Crippen LogP contribution in [0, 0.1) is 12.0 Å². The van der Waals surface area contributed by atoms with Gasteiger partial charge in [0.2, 0.25) is 0 Å². The Morgan fingerprint density at radius 2 is 2.07 bits per heavy atom. The maximum Gasteiger partial charge on any atom is 0.0620 e. The highest BCUT2D eigenvalue weighted by molar-refractivity contribution is 4.98. The van der Waals surface area contributed by atoms with Crippen molar-refractivity contribution in [3.8, 4) is 12.0 Å². The Balaban J connectivity index is 1.77. The number of ether oxygens (including phenoxy) is 1. The summed E-state index contributed by atoms with van der Waals surface area (Å²) in [5.74, 6) is 2.92. The third-order valence-corrected chi connectivity index (χ3v) is 3.21. The Bertz CT molecular complexity index is 252. The SMILES string of the molecule is NC#CCN1CCC(N2CCOCC2)C1. The summed E-state index contributed by atoms with van der Waals surface area (Å²) in [4.78, 5) is 4.92. The van der Waals surface area contributed by atoms with E-state index in [0.29, 0.717) is 6.04 Å². The third-order valence-electron chi connectivity index (χ3n) is 3.21. The minimum absolute atomic E-state index is 0.702. The molecule has 84 valence electrons. The summed E-state index contributed by atoms with van der Waals surface area (Å²) < 4.78 is 5.36. The first-order valence-corrected chi connectivity index (χ1v) is 5.63. The molecule has 0 amide bonds. The molecular weight excluding hydrogens is 190 g/mol. The molecule has 4 heteroatoms. The predicted octanol–water partition coefficient (Wildman–Crippen LogP) is -0.687. The average Bonchev–Trinajstić information content (AvgIpc) is 2.76. The van der Waals surface area contributed by atoms with Crippen molar-refractivity contribution in [1.82, 2.24) is 9.80 Å². The molecule has 0 aromatic heterocycles. The molecule has 0 saturated carbocycles. The molecule has 1 atom stereocenters. The van der Waals surface area contributed by atoms with Gasteiger partial charge in [-0.3, -0.25) is 9.80 Å². The van der Waals surface area contributed by atoms with Gasteiger partial charge in [0.1, 0.15) is 0 Å². The number of hydrogen-bond acceptors (Lipinski definition) is 4. The lowest BCUT2D eigenvalue weighted by Gasteiger charge is -2.32. The van der Waals surface area contributed by atoms with Gasteiger partial charge in [0, 0.05) is 38.3 Å². The van der Waals surface area contributed by atoms with Gasteiger partial charge in [-0.25, -0.2) is 0 Å². The fourth-order valence-electron chi connectivity index (χ4n) is 2.35. The summed E-state index contributed by atoms with van der Waals surface area (Å²) in [5.41, 5.74) is 5.17. The molecule has 0 aromatic rings. The van der Waals surface area contributed by atoms with E-state index in [1.807, 2.05) is 0 Å². The van der Waals surface area contributed by atoms with Gasteiger partial charge >= 0.3 is 0 Å². The Morgan fingerprint density at radius 3 is 2.80 bits per heavy atom. The topological polar surface area (TPSA) is 41.7 Å². The minimum atomic E-state index is 0.702. The van der Waals surface area contributed by atoms with E-state index in [1.165, 1.54) is 6.42 Å². The summed E-state index contributed by atoms with van der Waals surface area (Å²) >= 11 is 0. The molecule has 0 aliphatic carbocycles. The fourth-order valence-corrected chi connectivity index (χ4v) is 2.35. The van der Waals surface area contributed by atoms with Crippen molar-refractivity contribution in [1.29, 1.82) is 0 Å². The van der Waals surface area contributed by atoms with E-state index in [9.17, 15) is 0 Å². The monoisotopic (exact) mass is 209 g/mol. The van der Waals surface area contributed by atoms with Crippen LogP contribution in [-0.4, -0.2) is 61.8 Å². The average molecular weight is 209 g/mol.